The summed E-state index contributed by atoms with van der Waals surface area (Å²) in [4.78, 5) is 0. The monoisotopic (exact) mass is 264 g/mol. The number of rotatable bonds is 3. The van der Waals surface area contributed by atoms with Gasteiger partial charge in [0, 0.05) is 0 Å². The molecule has 0 spiro atoms. The van der Waals surface area contributed by atoms with Gasteiger partial charge in [-0.15, -0.1) is 0 Å². The van der Waals surface area contributed by atoms with Crippen molar-refractivity contribution in [2.45, 2.75) is 44.9 Å². The number of aliphatic hydroxyl groups is 1. The summed E-state index contributed by atoms with van der Waals surface area (Å²) in [6, 6.07) is 2.90. The van der Waals surface area contributed by atoms with Gasteiger partial charge >= 0.3 is 6.18 Å². The summed E-state index contributed by atoms with van der Waals surface area (Å²) in [6.07, 6.45) is -4.94. The van der Waals surface area contributed by atoms with E-state index in [1.54, 1.807) is 20.8 Å². The first-order valence-electron chi connectivity index (χ1n) is 5.59. The molecule has 1 aromatic rings. The van der Waals surface area contributed by atoms with E-state index in [9.17, 15) is 22.7 Å². The van der Waals surface area contributed by atoms with Gasteiger partial charge in [-0.3, -0.25) is 0 Å². The molecule has 0 radical (unpaired) electrons. The molecule has 0 saturated heterocycles. The van der Waals surface area contributed by atoms with Crippen molar-refractivity contribution >= 4 is 0 Å². The lowest BCUT2D eigenvalue weighted by Crippen LogP contribution is -2.23. The van der Waals surface area contributed by atoms with E-state index < -0.39 is 29.1 Å². The molecular weight excluding hydrogens is 248 g/mol. The Kier molecular flexibility index (Phi) is 4.05. The number of halogens is 4. The van der Waals surface area contributed by atoms with Crippen LogP contribution in [0.2, 0.25) is 0 Å². The molecule has 5 heteroatoms. The van der Waals surface area contributed by atoms with Crippen molar-refractivity contribution < 1.29 is 22.7 Å². The predicted molar refractivity (Wildman–Crippen MR) is 60.7 cm³/mol. The highest BCUT2D eigenvalue weighted by atomic mass is 19.4. The summed E-state index contributed by atoms with van der Waals surface area (Å²) >= 11 is 0. The second-order valence-corrected chi connectivity index (χ2v) is 5.13. The first kappa shape index (κ1) is 15.0. The molecule has 0 saturated carbocycles. The maximum atomic E-state index is 13.4. The Morgan fingerprint density at radius 2 is 1.78 bits per heavy atom. The summed E-state index contributed by atoms with van der Waals surface area (Å²) in [5.74, 6) is -1.28. The van der Waals surface area contributed by atoms with Crippen LogP contribution in [0.3, 0.4) is 0 Å². The summed E-state index contributed by atoms with van der Waals surface area (Å²) in [7, 11) is 0. The highest BCUT2D eigenvalue weighted by Gasteiger charge is 2.35. The van der Waals surface area contributed by atoms with Gasteiger partial charge in [-0.2, -0.15) is 13.2 Å². The molecule has 1 atom stereocenters. The van der Waals surface area contributed by atoms with Gasteiger partial charge < -0.3 is 5.11 Å². The van der Waals surface area contributed by atoms with Crippen molar-refractivity contribution in [2.75, 3.05) is 0 Å². The maximum Gasteiger partial charge on any atom is 0.419 e. The van der Waals surface area contributed by atoms with Gasteiger partial charge in [0.2, 0.25) is 0 Å². The van der Waals surface area contributed by atoms with Crippen LogP contribution < -0.4 is 0 Å². The fourth-order valence-corrected chi connectivity index (χ4v) is 2.02. The molecule has 1 unspecified atom stereocenters. The van der Waals surface area contributed by atoms with Crippen molar-refractivity contribution in [3.05, 3.63) is 35.1 Å². The molecule has 18 heavy (non-hydrogen) atoms. The fourth-order valence-electron chi connectivity index (χ4n) is 2.02. The van der Waals surface area contributed by atoms with E-state index in [0.717, 1.165) is 12.1 Å². The van der Waals surface area contributed by atoms with Gasteiger partial charge in [-0.25, -0.2) is 4.39 Å². The third kappa shape index (κ3) is 3.45. The van der Waals surface area contributed by atoms with Crippen molar-refractivity contribution in [3.8, 4) is 0 Å². The quantitative estimate of drug-likeness (QED) is 0.821. The van der Waals surface area contributed by atoms with Crippen molar-refractivity contribution in [1.82, 2.24) is 0 Å². The highest BCUT2D eigenvalue weighted by molar-refractivity contribution is 5.31. The normalized spacial score (nSPS) is 14.7. The van der Waals surface area contributed by atoms with Gasteiger partial charge in [0.1, 0.15) is 5.82 Å². The molecule has 0 heterocycles. The van der Waals surface area contributed by atoms with Gasteiger partial charge in [-0.1, -0.05) is 19.9 Å². The van der Waals surface area contributed by atoms with Gasteiger partial charge in [0.25, 0.3) is 0 Å². The molecule has 1 rings (SSSR count). The highest BCUT2D eigenvalue weighted by Crippen LogP contribution is 2.35. The lowest BCUT2D eigenvalue weighted by atomic mass is 9.79. The van der Waals surface area contributed by atoms with Crippen LogP contribution in [0.5, 0.6) is 0 Å². The Hall–Kier alpha value is -1.10. The molecular formula is C13H16F4O. The van der Waals surface area contributed by atoms with Crippen molar-refractivity contribution in [3.63, 3.8) is 0 Å². The minimum absolute atomic E-state index is 0.345. The zero-order valence-corrected chi connectivity index (χ0v) is 10.5. The second-order valence-electron chi connectivity index (χ2n) is 5.13. The molecule has 102 valence electrons. The maximum absolute atomic E-state index is 13.4. The van der Waals surface area contributed by atoms with Crippen molar-refractivity contribution in [2.24, 2.45) is 0 Å². The fraction of sp³-hybridized carbons (Fsp3) is 0.538. The average Bonchev–Trinajstić information content (AvgIpc) is 2.13. The van der Waals surface area contributed by atoms with E-state index >= 15 is 0 Å². The Labute approximate surface area is 103 Å². The number of benzene rings is 1. The predicted octanol–water partition coefficient (Wildman–Crippen LogP) is 3.89. The van der Waals surface area contributed by atoms with Crippen LogP contribution in [0.25, 0.3) is 0 Å². The van der Waals surface area contributed by atoms with Crippen LogP contribution in [-0.4, -0.2) is 11.2 Å². The van der Waals surface area contributed by atoms with Crippen LogP contribution in [0.15, 0.2) is 18.2 Å². The molecule has 0 amide bonds. The van der Waals surface area contributed by atoms with E-state index in [1.807, 2.05) is 0 Å². The summed E-state index contributed by atoms with van der Waals surface area (Å²) in [5, 5.41) is 9.33. The zero-order chi connectivity index (χ0) is 14.1. The van der Waals surface area contributed by atoms with Crippen LogP contribution in [-0.2, 0) is 11.6 Å². The van der Waals surface area contributed by atoms with E-state index in [1.165, 1.54) is 6.07 Å². The Morgan fingerprint density at radius 1 is 1.22 bits per heavy atom. The first-order valence-corrected chi connectivity index (χ1v) is 5.59. The molecule has 1 N–H and O–H groups in total. The van der Waals surface area contributed by atoms with Crippen LogP contribution in [0.4, 0.5) is 17.6 Å². The van der Waals surface area contributed by atoms with Crippen LogP contribution in [0.1, 0.15) is 38.3 Å². The zero-order valence-electron chi connectivity index (χ0n) is 10.5. The molecule has 0 fully saturated rings. The summed E-state index contributed by atoms with van der Waals surface area (Å²) < 4.78 is 50.7. The number of hydrogen-bond acceptors (Lipinski definition) is 1. The van der Waals surface area contributed by atoms with E-state index in [-0.39, 0.29) is 0 Å². The topological polar surface area (TPSA) is 20.2 Å². The third-order valence-electron chi connectivity index (χ3n) is 2.86. The van der Waals surface area contributed by atoms with Gasteiger partial charge in [0.05, 0.1) is 11.7 Å². The minimum atomic E-state index is -4.68. The van der Waals surface area contributed by atoms with Crippen molar-refractivity contribution in [1.29, 1.82) is 0 Å². The van der Waals surface area contributed by atoms with Crippen LogP contribution in [0, 0.1) is 5.82 Å². The Bertz CT molecular complexity index is 421. The molecule has 0 aromatic heterocycles. The Morgan fingerprint density at radius 3 is 2.17 bits per heavy atom. The average molecular weight is 264 g/mol. The SMILES string of the molecule is CC(O)CC(C)(C)c1ccc(C(F)(F)F)c(F)c1. The largest absolute Gasteiger partial charge is 0.419 e. The molecule has 0 aliphatic carbocycles. The molecule has 1 nitrogen and oxygen atoms in total. The third-order valence-corrected chi connectivity index (χ3v) is 2.86. The second kappa shape index (κ2) is 4.88. The smallest absolute Gasteiger partial charge is 0.393 e. The Balaban J connectivity index is 3.12. The first-order chi connectivity index (χ1) is 8.04. The summed E-state index contributed by atoms with van der Waals surface area (Å²) in [6.45, 7) is 5.09. The lowest BCUT2D eigenvalue weighted by molar-refractivity contribution is -0.140. The van der Waals surface area contributed by atoms with E-state index in [4.69, 9.17) is 0 Å². The standard InChI is InChI=1S/C13H16F4O/c1-8(18)7-12(2,3)9-4-5-10(11(14)6-9)13(15,16)17/h4-6,8,18H,7H2,1-3H3. The number of aliphatic hydroxyl groups excluding tert-OH is 1. The van der Waals surface area contributed by atoms with E-state index in [2.05, 4.69) is 0 Å². The van der Waals surface area contributed by atoms with Gasteiger partial charge in [0.15, 0.2) is 0 Å². The lowest BCUT2D eigenvalue weighted by Gasteiger charge is -2.27. The molecule has 0 aliphatic heterocycles. The van der Waals surface area contributed by atoms with Crippen LogP contribution >= 0.6 is 0 Å². The molecule has 0 bridgehead atoms. The molecule has 0 aliphatic rings. The van der Waals surface area contributed by atoms with Gasteiger partial charge in [-0.05, 0) is 36.5 Å². The number of alkyl halides is 3. The van der Waals surface area contributed by atoms with E-state index in [0.29, 0.717) is 12.0 Å². The summed E-state index contributed by atoms with van der Waals surface area (Å²) in [5.41, 5.74) is -1.41. The molecule has 1 aromatic carbocycles. The number of hydrogen-bond donors (Lipinski definition) is 1. The minimum Gasteiger partial charge on any atom is -0.393 e.